The molecule has 0 spiro atoms. The molecule has 0 aliphatic carbocycles. The Hall–Kier alpha value is -3.56. The van der Waals surface area contributed by atoms with Gasteiger partial charge in [-0.1, -0.05) is 17.3 Å². The van der Waals surface area contributed by atoms with Gasteiger partial charge in [0.15, 0.2) is 5.78 Å². The second kappa shape index (κ2) is 15.1. The lowest BCUT2D eigenvalue weighted by Crippen LogP contribution is -2.32. The molecule has 0 aliphatic heterocycles. The van der Waals surface area contributed by atoms with Gasteiger partial charge >= 0.3 is 13.1 Å². The van der Waals surface area contributed by atoms with Crippen molar-refractivity contribution in [1.29, 1.82) is 0 Å². The van der Waals surface area contributed by atoms with Gasteiger partial charge in [0.1, 0.15) is 6.54 Å². The minimum atomic E-state index is -1.89. The normalized spacial score (nSPS) is 13.7. The Kier molecular flexibility index (Phi) is 11.6. The first-order valence-corrected chi connectivity index (χ1v) is 12.5. The van der Waals surface area contributed by atoms with Crippen LogP contribution in [0.15, 0.2) is 55.0 Å². The minimum absolute atomic E-state index is 0.146. The fourth-order valence-corrected chi connectivity index (χ4v) is 4.26. The number of aromatic nitrogens is 5. The first kappa shape index (κ1) is 30.0. The number of Topliss-reactive ketones (excluding diaryl/α,β-unsaturated/α-hetero) is 1. The van der Waals surface area contributed by atoms with Crippen LogP contribution in [0.25, 0.3) is 0 Å². The summed E-state index contributed by atoms with van der Waals surface area (Å²) >= 11 is 0. The zero-order chi connectivity index (χ0) is 28.2. The number of carbonyl (C=O) groups excluding carboxylic acids is 1. The smallest absolute Gasteiger partial charge is 0.455 e. The summed E-state index contributed by atoms with van der Waals surface area (Å²) in [6.07, 6.45) is 2.68. The van der Waals surface area contributed by atoms with Gasteiger partial charge in [0.25, 0.3) is 0 Å². The molecule has 3 rings (SSSR count). The third-order valence-electron chi connectivity index (χ3n) is 6.21. The second-order valence-electron chi connectivity index (χ2n) is 9.45. The Morgan fingerprint density at radius 1 is 0.949 bits per heavy atom. The van der Waals surface area contributed by atoms with Crippen molar-refractivity contribution in [2.24, 2.45) is 5.92 Å². The molecule has 0 amide bonds. The number of carbonyl (C=O) groups is 2. The predicted molar refractivity (Wildman–Crippen MR) is 138 cm³/mol. The van der Waals surface area contributed by atoms with Crippen LogP contribution in [0.2, 0.25) is 5.82 Å². The molecular weight excluding hydrogens is 507 g/mol. The topological polar surface area (TPSA) is 195 Å². The van der Waals surface area contributed by atoms with Crippen molar-refractivity contribution in [3.8, 4) is 0 Å². The van der Waals surface area contributed by atoms with Crippen LogP contribution in [0.1, 0.15) is 36.3 Å². The molecule has 0 saturated carbocycles. The molecule has 13 nitrogen and oxygen atoms in total. The Morgan fingerprint density at radius 2 is 1.56 bits per heavy atom. The monoisotopic (exact) mass is 540 g/mol. The van der Waals surface area contributed by atoms with E-state index in [4.69, 9.17) is 5.11 Å². The number of hydrogen-bond acceptors (Lipinski definition) is 11. The molecule has 208 valence electrons. The summed E-state index contributed by atoms with van der Waals surface area (Å²) in [4.78, 5) is 34.4. The molecule has 3 heterocycles. The lowest BCUT2D eigenvalue weighted by atomic mass is 9.65. The number of aliphatic carboxylic acids is 1. The summed E-state index contributed by atoms with van der Waals surface area (Å²) in [7, 11) is -1.89. The zero-order valence-corrected chi connectivity index (χ0v) is 21.4. The van der Waals surface area contributed by atoms with E-state index in [2.05, 4.69) is 25.2 Å². The molecule has 0 aromatic carbocycles. The van der Waals surface area contributed by atoms with Crippen LogP contribution >= 0.6 is 0 Å². The van der Waals surface area contributed by atoms with Crippen molar-refractivity contribution in [2.45, 2.75) is 57.4 Å². The number of ketones is 1. The Morgan fingerprint density at radius 3 is 2.08 bits per heavy atom. The average molecular weight is 540 g/mol. The lowest BCUT2D eigenvalue weighted by Gasteiger charge is -2.24. The van der Waals surface area contributed by atoms with Gasteiger partial charge in [0.2, 0.25) is 0 Å². The predicted octanol–water partition coefficient (Wildman–Crippen LogP) is -0.0931. The fraction of sp³-hybridized carbons (Fsp3) is 0.440. The average Bonchev–Trinajstić information content (AvgIpc) is 3.33. The number of rotatable bonds is 17. The van der Waals surface area contributed by atoms with Gasteiger partial charge in [-0.3, -0.25) is 24.5 Å². The number of carboxylic acid groups (broad SMARTS) is 1. The van der Waals surface area contributed by atoms with E-state index in [0.717, 1.165) is 11.4 Å². The third-order valence-corrected chi connectivity index (χ3v) is 6.21. The van der Waals surface area contributed by atoms with E-state index in [0.29, 0.717) is 25.3 Å². The third kappa shape index (κ3) is 10.3. The standard InChI is InChI=1S/C25H33BN6O7/c33-17-18(24(35)11-25(36)37)9-19(26(38)39)10-23(34)16-32-15-22(29-30-32)14-31(12-20-5-1-3-7-27-20)13-21-6-2-4-8-28-21/h1-8,15,18-19,24,33,35,38-39H,9-14,16-17H2,(H,36,37)/t18?,19-,24?/m1/s1. The molecule has 3 aromatic rings. The van der Waals surface area contributed by atoms with E-state index in [-0.39, 0.29) is 25.2 Å². The van der Waals surface area contributed by atoms with Crippen molar-refractivity contribution in [3.63, 3.8) is 0 Å². The minimum Gasteiger partial charge on any atom is -0.481 e. The van der Waals surface area contributed by atoms with Crippen LogP contribution in [-0.4, -0.2) is 86.8 Å². The van der Waals surface area contributed by atoms with E-state index in [1.807, 2.05) is 36.4 Å². The number of pyridine rings is 2. The van der Waals surface area contributed by atoms with Gasteiger partial charge in [-0.25, -0.2) is 4.68 Å². The number of aliphatic hydroxyl groups excluding tert-OH is 2. The number of nitrogens with zero attached hydrogens (tertiary/aromatic N) is 6. The largest absolute Gasteiger partial charge is 0.481 e. The summed E-state index contributed by atoms with van der Waals surface area (Å²) in [6, 6.07) is 11.4. The summed E-state index contributed by atoms with van der Waals surface area (Å²) in [5.74, 6) is -3.55. The van der Waals surface area contributed by atoms with Crippen molar-refractivity contribution >= 4 is 18.9 Å². The molecule has 0 radical (unpaired) electrons. The van der Waals surface area contributed by atoms with Gasteiger partial charge in [0, 0.05) is 56.8 Å². The maximum Gasteiger partial charge on any atom is 0.455 e. The molecule has 5 N–H and O–H groups in total. The second-order valence-corrected chi connectivity index (χ2v) is 9.45. The number of aliphatic hydroxyl groups is 2. The molecule has 39 heavy (non-hydrogen) atoms. The molecule has 0 aliphatic rings. The van der Waals surface area contributed by atoms with Crippen molar-refractivity contribution in [1.82, 2.24) is 29.9 Å². The van der Waals surface area contributed by atoms with Crippen LogP contribution < -0.4 is 0 Å². The van der Waals surface area contributed by atoms with Gasteiger partial charge in [-0.05, 0) is 30.7 Å². The molecule has 14 heteroatoms. The Labute approximate surface area is 225 Å². The van der Waals surface area contributed by atoms with E-state index in [9.17, 15) is 29.9 Å². The lowest BCUT2D eigenvalue weighted by molar-refractivity contribution is -0.140. The molecule has 3 aromatic heterocycles. The fourth-order valence-electron chi connectivity index (χ4n) is 4.26. The van der Waals surface area contributed by atoms with Crippen molar-refractivity contribution in [2.75, 3.05) is 6.61 Å². The van der Waals surface area contributed by atoms with Crippen molar-refractivity contribution in [3.05, 3.63) is 72.1 Å². The molecule has 0 saturated heterocycles. The highest BCUT2D eigenvalue weighted by atomic mass is 16.4. The maximum absolute atomic E-state index is 12.7. The van der Waals surface area contributed by atoms with Crippen LogP contribution in [0, 0.1) is 5.92 Å². The van der Waals surface area contributed by atoms with Crippen LogP contribution in [0.5, 0.6) is 0 Å². The Balaban J connectivity index is 1.61. The summed E-state index contributed by atoms with van der Waals surface area (Å²) in [6.45, 7) is 0.765. The summed E-state index contributed by atoms with van der Waals surface area (Å²) < 4.78 is 1.36. The summed E-state index contributed by atoms with van der Waals surface area (Å²) in [5.41, 5.74) is 2.36. The molecule has 2 unspecified atom stereocenters. The van der Waals surface area contributed by atoms with Gasteiger partial charge in [0.05, 0.1) is 35.8 Å². The highest BCUT2D eigenvalue weighted by molar-refractivity contribution is 6.43. The molecule has 0 fully saturated rings. The maximum atomic E-state index is 12.7. The highest BCUT2D eigenvalue weighted by Gasteiger charge is 2.32. The van der Waals surface area contributed by atoms with E-state index in [1.165, 1.54) is 4.68 Å². The summed E-state index contributed by atoms with van der Waals surface area (Å²) in [5, 5.41) is 56.1. The van der Waals surface area contributed by atoms with E-state index in [1.54, 1.807) is 18.6 Å². The van der Waals surface area contributed by atoms with Crippen LogP contribution in [0.3, 0.4) is 0 Å². The van der Waals surface area contributed by atoms with Crippen LogP contribution in [-0.2, 0) is 35.8 Å². The van der Waals surface area contributed by atoms with Gasteiger partial charge in [-0.15, -0.1) is 5.10 Å². The molecule has 0 bridgehead atoms. The van der Waals surface area contributed by atoms with Crippen molar-refractivity contribution < 1.29 is 35.0 Å². The first-order chi connectivity index (χ1) is 18.7. The van der Waals surface area contributed by atoms with Gasteiger partial charge in [-0.2, -0.15) is 0 Å². The first-order valence-electron chi connectivity index (χ1n) is 12.5. The molecule has 3 atom stereocenters. The van der Waals surface area contributed by atoms with Gasteiger partial charge < -0.3 is 25.4 Å². The molecular formula is C25H33BN6O7. The van der Waals surface area contributed by atoms with E-state index >= 15 is 0 Å². The quantitative estimate of drug-likeness (QED) is 0.143. The Bertz CT molecular complexity index is 1130. The number of carboxylic acids is 1. The van der Waals surface area contributed by atoms with Crippen LogP contribution in [0.4, 0.5) is 0 Å². The van der Waals surface area contributed by atoms with E-state index < -0.39 is 44.0 Å². The SMILES string of the molecule is O=C(O)CC(O)C(CO)C[C@H](CC(=O)Cn1cc(CN(Cc2ccccn2)Cc2ccccn2)nn1)B(O)O. The zero-order valence-electron chi connectivity index (χ0n) is 21.4. The number of hydrogen-bond donors (Lipinski definition) is 5. The highest BCUT2D eigenvalue weighted by Crippen LogP contribution is 2.27.